The largest absolute Gasteiger partial charge is 0.454 e. The van der Waals surface area contributed by atoms with Gasteiger partial charge in [0.2, 0.25) is 6.79 Å². The third-order valence-electron chi connectivity index (χ3n) is 7.24. The Kier molecular flexibility index (Phi) is 4.45. The lowest BCUT2D eigenvalue weighted by Gasteiger charge is -2.28. The Labute approximate surface area is 196 Å². The van der Waals surface area contributed by atoms with Gasteiger partial charge in [0.25, 0.3) is 5.91 Å². The molecule has 1 fully saturated rings. The van der Waals surface area contributed by atoms with Gasteiger partial charge in [0, 0.05) is 48.1 Å². The van der Waals surface area contributed by atoms with Crippen molar-refractivity contribution in [1.29, 1.82) is 0 Å². The number of ether oxygens (including phenoxy) is 3. The number of carbonyl (C=O) groups excluding carboxylic acids is 1. The fraction of sp³-hybridized carbons (Fsp3) is 0.296. The molecule has 0 spiro atoms. The minimum Gasteiger partial charge on any atom is -0.454 e. The van der Waals surface area contributed by atoms with Crippen LogP contribution in [0.4, 0.5) is 0 Å². The summed E-state index contributed by atoms with van der Waals surface area (Å²) in [4.78, 5) is 16.9. The lowest BCUT2D eigenvalue weighted by molar-refractivity contribution is 0.0857. The number of rotatable bonds is 4. The highest BCUT2D eigenvalue weighted by molar-refractivity contribution is 5.96. The van der Waals surface area contributed by atoms with E-state index in [-0.39, 0.29) is 24.8 Å². The highest BCUT2D eigenvalue weighted by Gasteiger charge is 2.33. The van der Waals surface area contributed by atoms with Gasteiger partial charge in [-0.05, 0) is 48.2 Å². The number of nitrogens with zero attached hydrogens (tertiary/aromatic N) is 1. The zero-order valence-corrected chi connectivity index (χ0v) is 18.7. The van der Waals surface area contributed by atoms with Crippen LogP contribution in [0.25, 0.3) is 10.9 Å². The van der Waals surface area contributed by atoms with Crippen molar-refractivity contribution < 1.29 is 19.0 Å². The summed E-state index contributed by atoms with van der Waals surface area (Å²) >= 11 is 0. The highest BCUT2D eigenvalue weighted by atomic mass is 16.7. The van der Waals surface area contributed by atoms with Crippen LogP contribution in [0.1, 0.15) is 51.8 Å². The molecule has 0 aliphatic carbocycles. The maximum absolute atomic E-state index is 13.2. The Morgan fingerprint density at radius 1 is 1.12 bits per heavy atom. The van der Waals surface area contributed by atoms with E-state index < -0.39 is 0 Å². The molecule has 7 rings (SSSR count). The van der Waals surface area contributed by atoms with E-state index in [0.29, 0.717) is 13.0 Å². The normalized spacial score (nSPS) is 20.4. The van der Waals surface area contributed by atoms with Crippen LogP contribution in [0.5, 0.6) is 11.5 Å². The number of hydrogen-bond donors (Lipinski definition) is 2. The summed E-state index contributed by atoms with van der Waals surface area (Å²) < 4.78 is 19.1. The standard InChI is InChI=1S/C27H25N3O4/c31-27(28-14-17-4-3-11-32-17)19-9-10-30-22(19)13-20-18-5-1-2-6-21(18)29-25(20)26(30)16-7-8-23-24(12-16)34-15-33-23/h1-2,5-10,12,17,26,29H,3-4,11,13-15H2,(H,28,31). The number of carbonyl (C=O) groups is 1. The quantitative estimate of drug-likeness (QED) is 0.427. The van der Waals surface area contributed by atoms with Gasteiger partial charge in [0.15, 0.2) is 11.5 Å². The number of fused-ring (bicyclic) bond motifs is 5. The van der Waals surface area contributed by atoms with E-state index in [1.165, 1.54) is 10.9 Å². The second-order valence-corrected chi connectivity index (χ2v) is 9.18. The average Bonchev–Trinajstić information content (AvgIpc) is 3.66. The maximum atomic E-state index is 13.2. The van der Waals surface area contributed by atoms with Crippen LogP contribution in [-0.4, -0.2) is 41.5 Å². The molecule has 0 radical (unpaired) electrons. The van der Waals surface area contributed by atoms with Gasteiger partial charge in [-0.3, -0.25) is 4.79 Å². The zero-order valence-electron chi connectivity index (χ0n) is 18.7. The summed E-state index contributed by atoms with van der Waals surface area (Å²) in [5.74, 6) is 1.47. The van der Waals surface area contributed by atoms with Gasteiger partial charge in [-0.2, -0.15) is 0 Å². The van der Waals surface area contributed by atoms with Crippen molar-refractivity contribution in [3.63, 3.8) is 0 Å². The van der Waals surface area contributed by atoms with Gasteiger partial charge in [-0.25, -0.2) is 0 Å². The first-order valence-electron chi connectivity index (χ1n) is 11.8. The molecular formula is C27H25N3O4. The molecule has 0 saturated carbocycles. The van der Waals surface area contributed by atoms with Crippen molar-refractivity contribution in [1.82, 2.24) is 14.9 Å². The number of aromatic nitrogens is 2. The summed E-state index contributed by atoms with van der Waals surface area (Å²) in [6.45, 7) is 1.57. The highest BCUT2D eigenvalue weighted by Crippen LogP contribution is 2.43. The molecule has 0 bridgehead atoms. The molecule has 4 aromatic rings. The topological polar surface area (TPSA) is 77.5 Å². The first kappa shape index (κ1) is 19.7. The van der Waals surface area contributed by atoms with E-state index in [4.69, 9.17) is 14.2 Å². The third kappa shape index (κ3) is 3.04. The molecule has 34 heavy (non-hydrogen) atoms. The summed E-state index contributed by atoms with van der Waals surface area (Å²) in [6, 6.07) is 16.3. The van der Waals surface area contributed by atoms with E-state index in [1.807, 2.05) is 24.4 Å². The van der Waals surface area contributed by atoms with Crippen LogP contribution in [0.15, 0.2) is 54.7 Å². The maximum Gasteiger partial charge on any atom is 0.253 e. The Balaban J connectivity index is 1.32. The van der Waals surface area contributed by atoms with E-state index in [1.54, 1.807) is 0 Å². The predicted molar refractivity (Wildman–Crippen MR) is 127 cm³/mol. The molecule has 2 N–H and O–H groups in total. The zero-order chi connectivity index (χ0) is 22.6. The molecule has 2 aromatic heterocycles. The van der Waals surface area contributed by atoms with Gasteiger partial charge < -0.3 is 29.1 Å². The van der Waals surface area contributed by atoms with Crippen molar-refractivity contribution in [2.24, 2.45) is 0 Å². The van der Waals surface area contributed by atoms with Crippen molar-refractivity contribution >= 4 is 16.8 Å². The Hall–Kier alpha value is -3.71. The second kappa shape index (κ2) is 7.67. The number of hydrogen-bond acceptors (Lipinski definition) is 4. The molecule has 1 amide bonds. The summed E-state index contributed by atoms with van der Waals surface area (Å²) in [6.07, 6.45) is 4.89. The summed E-state index contributed by atoms with van der Waals surface area (Å²) in [7, 11) is 0. The predicted octanol–water partition coefficient (Wildman–Crippen LogP) is 4.15. The van der Waals surface area contributed by atoms with Crippen LogP contribution in [0, 0.1) is 0 Å². The molecule has 3 aliphatic heterocycles. The smallest absolute Gasteiger partial charge is 0.253 e. The van der Waals surface area contributed by atoms with E-state index >= 15 is 0 Å². The SMILES string of the molecule is O=C(NCC1CCCO1)c1ccn2c1Cc1c([nH]c3ccccc13)C2c1ccc2c(c1)OCO2. The number of benzene rings is 2. The van der Waals surface area contributed by atoms with Gasteiger partial charge in [-0.1, -0.05) is 24.3 Å². The van der Waals surface area contributed by atoms with Gasteiger partial charge in [0.1, 0.15) is 0 Å². The van der Waals surface area contributed by atoms with E-state index in [0.717, 1.165) is 59.0 Å². The van der Waals surface area contributed by atoms with Crippen LogP contribution >= 0.6 is 0 Å². The average molecular weight is 456 g/mol. The molecule has 2 atom stereocenters. The first-order valence-corrected chi connectivity index (χ1v) is 11.8. The molecular weight excluding hydrogens is 430 g/mol. The number of H-pyrrole nitrogens is 1. The molecule has 5 heterocycles. The van der Waals surface area contributed by atoms with E-state index in [9.17, 15) is 4.79 Å². The number of aromatic amines is 1. The molecule has 7 heteroatoms. The van der Waals surface area contributed by atoms with Crippen molar-refractivity contribution in [2.45, 2.75) is 31.4 Å². The van der Waals surface area contributed by atoms with Crippen LogP contribution < -0.4 is 14.8 Å². The first-order chi connectivity index (χ1) is 16.8. The Bertz CT molecular complexity index is 1410. The second-order valence-electron chi connectivity index (χ2n) is 9.18. The molecule has 7 nitrogen and oxygen atoms in total. The van der Waals surface area contributed by atoms with E-state index in [2.05, 4.69) is 45.2 Å². The van der Waals surface area contributed by atoms with Crippen LogP contribution in [-0.2, 0) is 11.2 Å². The van der Waals surface area contributed by atoms with Gasteiger partial charge in [-0.15, -0.1) is 0 Å². The third-order valence-corrected chi connectivity index (χ3v) is 7.24. The fourth-order valence-corrected chi connectivity index (χ4v) is 5.58. The number of nitrogens with one attached hydrogen (secondary N) is 2. The molecule has 2 aromatic carbocycles. The summed E-state index contributed by atoms with van der Waals surface area (Å²) in [5, 5.41) is 4.29. The minimum atomic E-state index is -0.0969. The number of amides is 1. The monoisotopic (exact) mass is 455 g/mol. The minimum absolute atomic E-state index is 0.0445. The molecule has 172 valence electrons. The van der Waals surface area contributed by atoms with Gasteiger partial charge in [0.05, 0.1) is 17.7 Å². The summed E-state index contributed by atoms with van der Waals surface area (Å²) in [5.41, 5.74) is 6.31. The Morgan fingerprint density at radius 2 is 2.03 bits per heavy atom. The number of para-hydroxylation sites is 1. The van der Waals surface area contributed by atoms with Crippen molar-refractivity contribution in [3.8, 4) is 11.5 Å². The van der Waals surface area contributed by atoms with Crippen LogP contribution in [0.2, 0.25) is 0 Å². The van der Waals surface area contributed by atoms with Gasteiger partial charge >= 0.3 is 0 Å². The fourth-order valence-electron chi connectivity index (χ4n) is 5.58. The Morgan fingerprint density at radius 3 is 2.94 bits per heavy atom. The van der Waals surface area contributed by atoms with Crippen molar-refractivity contribution in [3.05, 3.63) is 82.8 Å². The molecule has 1 saturated heterocycles. The lowest BCUT2D eigenvalue weighted by atomic mass is 9.92. The van der Waals surface area contributed by atoms with Crippen molar-refractivity contribution in [2.75, 3.05) is 19.9 Å². The lowest BCUT2D eigenvalue weighted by Crippen LogP contribution is -2.32. The van der Waals surface area contributed by atoms with Crippen LogP contribution in [0.3, 0.4) is 0 Å². The molecule has 2 unspecified atom stereocenters. The molecule has 3 aliphatic rings.